The Bertz CT molecular complexity index is 1070. The fourth-order valence-electron chi connectivity index (χ4n) is 3.85. The molecule has 152 valence electrons. The number of aryl methyl sites for hydroxylation is 1. The second-order valence-electron chi connectivity index (χ2n) is 7.22. The number of hydrogen-bond acceptors (Lipinski definition) is 3. The Kier molecular flexibility index (Phi) is 4.76. The summed E-state index contributed by atoms with van der Waals surface area (Å²) in [5, 5.41) is 7.94. The van der Waals surface area contributed by atoms with Crippen LogP contribution in [0.4, 0.5) is 17.6 Å². The molecule has 0 saturated carbocycles. The van der Waals surface area contributed by atoms with Crippen molar-refractivity contribution in [3.05, 3.63) is 64.9 Å². The molecule has 1 aliphatic rings. The number of hydrogen-bond donors (Lipinski definition) is 0. The molecular formula is C20H18F4N4O. The van der Waals surface area contributed by atoms with E-state index in [1.54, 1.807) is 16.7 Å². The average Bonchev–Trinajstić information content (AvgIpc) is 3.09. The first-order valence-corrected chi connectivity index (χ1v) is 9.22. The van der Waals surface area contributed by atoms with Crippen molar-refractivity contribution in [3.8, 4) is 0 Å². The molecule has 1 fully saturated rings. The number of aromatic nitrogens is 3. The number of carbonyl (C=O) groups is 1. The number of benzene rings is 1. The maximum atomic E-state index is 14.3. The van der Waals surface area contributed by atoms with Gasteiger partial charge in [0.15, 0.2) is 5.65 Å². The molecule has 0 unspecified atom stereocenters. The lowest BCUT2D eigenvalue weighted by atomic mass is 9.85. The third kappa shape index (κ3) is 3.56. The molecule has 2 aromatic heterocycles. The maximum Gasteiger partial charge on any atom is 0.416 e. The van der Waals surface area contributed by atoms with E-state index >= 15 is 0 Å². The first-order valence-electron chi connectivity index (χ1n) is 9.22. The van der Waals surface area contributed by atoms with E-state index in [0.29, 0.717) is 5.65 Å². The van der Waals surface area contributed by atoms with E-state index in [4.69, 9.17) is 0 Å². The highest BCUT2D eigenvalue weighted by Crippen LogP contribution is 2.40. The van der Waals surface area contributed by atoms with Crippen molar-refractivity contribution in [2.24, 2.45) is 0 Å². The molecule has 0 radical (unpaired) electrons. The van der Waals surface area contributed by atoms with E-state index in [1.807, 2.05) is 13.0 Å². The number of amides is 1. The van der Waals surface area contributed by atoms with E-state index in [-0.39, 0.29) is 43.2 Å². The van der Waals surface area contributed by atoms with Gasteiger partial charge in [-0.1, -0.05) is 12.1 Å². The predicted octanol–water partition coefficient (Wildman–Crippen LogP) is 4.22. The number of alkyl halides is 3. The van der Waals surface area contributed by atoms with Gasteiger partial charge in [0.25, 0.3) is 5.91 Å². The van der Waals surface area contributed by atoms with Crippen molar-refractivity contribution in [1.29, 1.82) is 0 Å². The van der Waals surface area contributed by atoms with Crippen molar-refractivity contribution >= 4 is 11.6 Å². The van der Waals surface area contributed by atoms with Crippen LogP contribution in [0.5, 0.6) is 0 Å². The topological polar surface area (TPSA) is 50.5 Å². The van der Waals surface area contributed by atoms with Crippen molar-refractivity contribution in [1.82, 2.24) is 19.5 Å². The molecular weight excluding hydrogens is 388 g/mol. The van der Waals surface area contributed by atoms with Crippen LogP contribution in [0.1, 0.15) is 46.1 Å². The molecule has 1 amide bonds. The summed E-state index contributed by atoms with van der Waals surface area (Å²) in [6.45, 7) is 2.32. The van der Waals surface area contributed by atoms with Gasteiger partial charge < -0.3 is 4.90 Å². The Morgan fingerprint density at radius 1 is 1.10 bits per heavy atom. The van der Waals surface area contributed by atoms with Gasteiger partial charge >= 0.3 is 6.18 Å². The molecule has 9 heteroatoms. The largest absolute Gasteiger partial charge is 0.416 e. The van der Waals surface area contributed by atoms with Crippen LogP contribution in [-0.2, 0) is 6.18 Å². The lowest BCUT2D eigenvalue weighted by molar-refractivity contribution is -0.138. The highest BCUT2D eigenvalue weighted by atomic mass is 19.4. The van der Waals surface area contributed by atoms with Gasteiger partial charge in [0.2, 0.25) is 5.82 Å². The Balaban J connectivity index is 1.55. The SMILES string of the molecule is Cc1ccc2nnc(C(=O)N3CCC(c4c(F)cccc4C(F)(F)F)CC3)n2c1. The standard InChI is InChI=1S/C20H18F4N4O/c1-12-5-6-16-25-26-18(28(16)11-12)19(29)27-9-7-13(8-10-27)17-14(20(22,23)24)3-2-4-15(17)21/h2-6,11,13H,7-10H2,1H3. The van der Waals surface area contributed by atoms with Crippen LogP contribution in [0.3, 0.4) is 0 Å². The normalized spacial score (nSPS) is 15.8. The first kappa shape index (κ1) is 19.4. The van der Waals surface area contributed by atoms with E-state index in [9.17, 15) is 22.4 Å². The van der Waals surface area contributed by atoms with Crippen LogP contribution in [0.2, 0.25) is 0 Å². The van der Waals surface area contributed by atoms with Crippen LogP contribution in [0, 0.1) is 12.7 Å². The minimum absolute atomic E-state index is 0.157. The number of piperidine rings is 1. The molecule has 0 bridgehead atoms. The van der Waals surface area contributed by atoms with Crippen LogP contribution >= 0.6 is 0 Å². The van der Waals surface area contributed by atoms with E-state index in [1.165, 1.54) is 4.90 Å². The van der Waals surface area contributed by atoms with Gasteiger partial charge in [-0.25, -0.2) is 4.39 Å². The fourth-order valence-corrected chi connectivity index (χ4v) is 3.85. The number of carbonyl (C=O) groups excluding carboxylic acids is 1. The van der Waals surface area contributed by atoms with Crippen LogP contribution in [0.15, 0.2) is 36.5 Å². The summed E-state index contributed by atoms with van der Waals surface area (Å²) >= 11 is 0. The van der Waals surface area contributed by atoms with Gasteiger partial charge in [-0.2, -0.15) is 13.2 Å². The Hall–Kier alpha value is -2.97. The Morgan fingerprint density at radius 2 is 1.83 bits per heavy atom. The molecule has 4 rings (SSSR count). The van der Waals surface area contributed by atoms with Gasteiger partial charge in [0, 0.05) is 24.8 Å². The van der Waals surface area contributed by atoms with Crippen LogP contribution in [0.25, 0.3) is 5.65 Å². The minimum Gasteiger partial charge on any atom is -0.336 e. The highest BCUT2D eigenvalue weighted by molar-refractivity contribution is 5.91. The summed E-state index contributed by atoms with van der Waals surface area (Å²) in [5.74, 6) is -1.65. The third-order valence-corrected chi connectivity index (χ3v) is 5.29. The van der Waals surface area contributed by atoms with Gasteiger partial charge in [0.05, 0.1) is 5.56 Å². The minimum atomic E-state index is -4.62. The van der Waals surface area contributed by atoms with Crippen molar-refractivity contribution in [2.75, 3.05) is 13.1 Å². The Morgan fingerprint density at radius 3 is 2.52 bits per heavy atom. The molecule has 0 aliphatic carbocycles. The van der Waals surface area contributed by atoms with E-state index in [0.717, 1.165) is 23.8 Å². The zero-order valence-electron chi connectivity index (χ0n) is 15.6. The smallest absolute Gasteiger partial charge is 0.336 e. The van der Waals surface area contributed by atoms with Gasteiger partial charge in [-0.15, -0.1) is 10.2 Å². The second-order valence-corrected chi connectivity index (χ2v) is 7.22. The maximum absolute atomic E-state index is 14.3. The number of fused-ring (bicyclic) bond motifs is 1. The second kappa shape index (κ2) is 7.13. The fraction of sp³-hybridized carbons (Fsp3) is 0.350. The lowest BCUT2D eigenvalue weighted by Gasteiger charge is -2.33. The lowest BCUT2D eigenvalue weighted by Crippen LogP contribution is -2.39. The molecule has 1 aliphatic heterocycles. The summed E-state index contributed by atoms with van der Waals surface area (Å²) in [4.78, 5) is 14.4. The predicted molar refractivity (Wildman–Crippen MR) is 97.0 cm³/mol. The van der Waals surface area contributed by atoms with Gasteiger partial charge in [-0.3, -0.25) is 9.20 Å². The molecule has 0 spiro atoms. The molecule has 1 aromatic carbocycles. The quantitative estimate of drug-likeness (QED) is 0.599. The molecule has 5 nitrogen and oxygen atoms in total. The molecule has 3 aromatic rings. The van der Waals surface area contributed by atoms with E-state index < -0.39 is 23.5 Å². The highest BCUT2D eigenvalue weighted by Gasteiger charge is 2.38. The van der Waals surface area contributed by atoms with Crippen molar-refractivity contribution < 1.29 is 22.4 Å². The van der Waals surface area contributed by atoms with Crippen molar-refractivity contribution in [3.63, 3.8) is 0 Å². The molecule has 3 heterocycles. The summed E-state index contributed by atoms with van der Waals surface area (Å²) in [6.07, 6.45) is -2.38. The number of likely N-dealkylation sites (tertiary alicyclic amines) is 1. The number of nitrogens with zero attached hydrogens (tertiary/aromatic N) is 4. The van der Waals surface area contributed by atoms with Crippen LogP contribution in [-0.4, -0.2) is 38.5 Å². The first-order chi connectivity index (χ1) is 13.8. The van der Waals surface area contributed by atoms with Gasteiger partial charge in [0.1, 0.15) is 5.82 Å². The third-order valence-electron chi connectivity index (χ3n) is 5.29. The molecule has 29 heavy (non-hydrogen) atoms. The summed E-state index contributed by atoms with van der Waals surface area (Å²) in [5.41, 5.74) is 0.219. The zero-order valence-corrected chi connectivity index (χ0v) is 15.6. The zero-order chi connectivity index (χ0) is 20.8. The summed E-state index contributed by atoms with van der Waals surface area (Å²) in [6, 6.07) is 6.63. The molecule has 1 saturated heterocycles. The van der Waals surface area contributed by atoms with E-state index in [2.05, 4.69) is 10.2 Å². The molecule has 0 atom stereocenters. The summed E-state index contributed by atoms with van der Waals surface area (Å²) < 4.78 is 55.8. The number of halogens is 4. The number of rotatable bonds is 2. The Labute approximate surface area is 164 Å². The molecule has 0 N–H and O–H groups in total. The van der Waals surface area contributed by atoms with Crippen molar-refractivity contribution in [2.45, 2.75) is 31.9 Å². The average molecular weight is 406 g/mol. The number of pyridine rings is 1. The van der Waals surface area contributed by atoms with Gasteiger partial charge in [-0.05, 0) is 49.4 Å². The summed E-state index contributed by atoms with van der Waals surface area (Å²) in [7, 11) is 0. The monoisotopic (exact) mass is 406 g/mol. The van der Waals surface area contributed by atoms with Crippen LogP contribution < -0.4 is 0 Å².